The lowest BCUT2D eigenvalue weighted by atomic mass is 10.1. The smallest absolute Gasteiger partial charge is 0.332 e. The number of aromatic nitrogens is 4. The number of fused-ring (bicyclic) bond motifs is 1. The Morgan fingerprint density at radius 1 is 1.36 bits per heavy atom. The average Bonchev–Trinajstić information content (AvgIpc) is 2.82. The van der Waals surface area contributed by atoms with Crippen molar-refractivity contribution in [2.75, 3.05) is 19.8 Å². The Balaban J connectivity index is 1.90. The zero-order valence-corrected chi connectivity index (χ0v) is 16.8. The Hall–Kier alpha value is -1.22. The number of halogens is 1. The first-order valence-electron chi connectivity index (χ1n) is 8.65. The molecule has 3 rings (SSSR count). The van der Waals surface area contributed by atoms with Crippen molar-refractivity contribution in [3.05, 3.63) is 22.0 Å². The van der Waals surface area contributed by atoms with Crippen LogP contribution in [0.15, 0.2) is 11.0 Å². The lowest BCUT2D eigenvalue weighted by molar-refractivity contribution is 0.0669. The largest absolute Gasteiger partial charge is 0.381 e. The van der Waals surface area contributed by atoms with Crippen molar-refractivity contribution in [2.45, 2.75) is 51.3 Å². The number of rotatable bonds is 6. The van der Waals surface area contributed by atoms with Gasteiger partial charge in [0.1, 0.15) is 12.2 Å². The van der Waals surface area contributed by atoms with Gasteiger partial charge in [-0.05, 0) is 30.5 Å². The highest BCUT2D eigenvalue weighted by molar-refractivity contribution is 6.76. The van der Waals surface area contributed by atoms with Gasteiger partial charge in [-0.15, -0.1) is 0 Å². The van der Waals surface area contributed by atoms with Crippen LogP contribution in [0, 0.1) is 0 Å². The highest BCUT2D eigenvalue weighted by Gasteiger charge is 2.24. The topological polar surface area (TPSA) is 71.2 Å². The second kappa shape index (κ2) is 7.57. The second-order valence-electron chi connectivity index (χ2n) is 7.62. The summed E-state index contributed by atoms with van der Waals surface area (Å²) in [6.07, 6.45) is 3.18. The van der Waals surface area contributed by atoms with E-state index in [1.54, 1.807) is 15.3 Å². The molecule has 0 unspecified atom stereocenters. The van der Waals surface area contributed by atoms with E-state index in [0.717, 1.165) is 18.9 Å². The zero-order chi connectivity index (χ0) is 18.0. The third-order valence-electron chi connectivity index (χ3n) is 4.45. The van der Waals surface area contributed by atoms with Gasteiger partial charge in [0, 0.05) is 33.9 Å². The van der Waals surface area contributed by atoms with E-state index in [9.17, 15) is 4.79 Å². The van der Waals surface area contributed by atoms with Crippen LogP contribution in [0.5, 0.6) is 0 Å². The van der Waals surface area contributed by atoms with Gasteiger partial charge in [-0.25, -0.2) is 9.78 Å². The SMILES string of the molecule is C[Si](C)(C)CCOCn1c(=O)n(C2CCOCC2)c2nc(Cl)ncc21. The molecule has 1 saturated heterocycles. The summed E-state index contributed by atoms with van der Waals surface area (Å²) in [6.45, 7) is 9.06. The van der Waals surface area contributed by atoms with Gasteiger partial charge in [0.15, 0.2) is 5.65 Å². The van der Waals surface area contributed by atoms with Crippen LogP contribution in [-0.4, -0.2) is 47.0 Å². The van der Waals surface area contributed by atoms with Crippen LogP contribution in [0.4, 0.5) is 0 Å². The van der Waals surface area contributed by atoms with E-state index in [-0.39, 0.29) is 23.7 Å². The molecule has 0 aromatic carbocycles. The summed E-state index contributed by atoms with van der Waals surface area (Å²) in [5, 5.41) is 0.144. The molecule has 9 heteroatoms. The molecule has 0 amide bonds. The minimum absolute atomic E-state index is 0.0675. The summed E-state index contributed by atoms with van der Waals surface area (Å²) < 4.78 is 14.5. The van der Waals surface area contributed by atoms with E-state index in [4.69, 9.17) is 21.1 Å². The highest BCUT2D eigenvalue weighted by Crippen LogP contribution is 2.24. The molecule has 2 aromatic rings. The molecule has 25 heavy (non-hydrogen) atoms. The fraction of sp³-hybridized carbons (Fsp3) is 0.688. The lowest BCUT2D eigenvalue weighted by Gasteiger charge is -2.22. The molecule has 0 radical (unpaired) electrons. The van der Waals surface area contributed by atoms with Gasteiger partial charge in [-0.1, -0.05) is 19.6 Å². The maximum atomic E-state index is 13.0. The molecule has 138 valence electrons. The fourth-order valence-electron chi connectivity index (χ4n) is 2.97. The average molecular weight is 385 g/mol. The van der Waals surface area contributed by atoms with Gasteiger partial charge in [0.25, 0.3) is 0 Å². The first kappa shape index (κ1) is 18.6. The lowest BCUT2D eigenvalue weighted by Crippen LogP contribution is -2.31. The molecule has 0 N–H and O–H groups in total. The second-order valence-corrected chi connectivity index (χ2v) is 13.6. The first-order valence-corrected chi connectivity index (χ1v) is 12.7. The summed E-state index contributed by atoms with van der Waals surface area (Å²) in [5.41, 5.74) is 1.12. The summed E-state index contributed by atoms with van der Waals surface area (Å²) in [6, 6.07) is 1.13. The third kappa shape index (κ3) is 4.31. The summed E-state index contributed by atoms with van der Waals surface area (Å²) in [7, 11) is -1.17. The monoisotopic (exact) mass is 384 g/mol. The predicted molar refractivity (Wildman–Crippen MR) is 100.0 cm³/mol. The molecule has 0 saturated carbocycles. The fourth-order valence-corrected chi connectivity index (χ4v) is 3.85. The van der Waals surface area contributed by atoms with Crippen LogP contribution in [0.1, 0.15) is 18.9 Å². The van der Waals surface area contributed by atoms with Crippen molar-refractivity contribution in [3.63, 3.8) is 0 Å². The molecule has 7 nitrogen and oxygen atoms in total. The predicted octanol–water partition coefficient (Wildman–Crippen LogP) is 2.91. The van der Waals surface area contributed by atoms with Crippen molar-refractivity contribution in [2.24, 2.45) is 0 Å². The van der Waals surface area contributed by atoms with E-state index < -0.39 is 8.07 Å². The molecule has 2 aromatic heterocycles. The van der Waals surface area contributed by atoms with E-state index in [1.807, 2.05) is 0 Å². The number of hydrogen-bond donors (Lipinski definition) is 0. The van der Waals surface area contributed by atoms with Gasteiger partial charge in [0.05, 0.1) is 6.20 Å². The minimum Gasteiger partial charge on any atom is -0.381 e. The normalized spacial score (nSPS) is 16.6. The van der Waals surface area contributed by atoms with Gasteiger partial charge >= 0.3 is 5.69 Å². The van der Waals surface area contributed by atoms with Crippen molar-refractivity contribution in [3.8, 4) is 0 Å². The first-order chi connectivity index (χ1) is 11.9. The summed E-state index contributed by atoms with van der Waals surface area (Å²) in [4.78, 5) is 21.3. The number of nitrogens with zero attached hydrogens (tertiary/aromatic N) is 4. The molecule has 1 aliphatic heterocycles. The minimum atomic E-state index is -1.17. The van der Waals surface area contributed by atoms with Gasteiger partial charge in [-0.3, -0.25) is 9.13 Å². The number of imidazole rings is 1. The van der Waals surface area contributed by atoms with Crippen LogP contribution >= 0.6 is 11.6 Å². The number of hydrogen-bond acceptors (Lipinski definition) is 5. The maximum absolute atomic E-state index is 13.0. The van der Waals surface area contributed by atoms with Crippen molar-refractivity contribution in [1.29, 1.82) is 0 Å². The van der Waals surface area contributed by atoms with E-state index in [0.29, 0.717) is 31.0 Å². The Morgan fingerprint density at radius 2 is 2.08 bits per heavy atom. The van der Waals surface area contributed by atoms with E-state index >= 15 is 0 Å². The van der Waals surface area contributed by atoms with E-state index in [2.05, 4.69) is 29.6 Å². The molecule has 0 bridgehead atoms. The summed E-state index contributed by atoms with van der Waals surface area (Å²) >= 11 is 5.97. The molecule has 0 aliphatic carbocycles. The quantitative estimate of drug-likeness (QED) is 0.435. The van der Waals surface area contributed by atoms with Crippen LogP contribution in [-0.2, 0) is 16.2 Å². The zero-order valence-electron chi connectivity index (χ0n) is 15.0. The molecular weight excluding hydrogens is 360 g/mol. The molecule has 0 spiro atoms. The van der Waals surface area contributed by atoms with Gasteiger partial charge in [-0.2, -0.15) is 4.98 Å². The van der Waals surface area contributed by atoms with Crippen molar-refractivity contribution >= 4 is 30.8 Å². The van der Waals surface area contributed by atoms with E-state index in [1.165, 1.54) is 0 Å². The molecular formula is C16H25ClN4O3Si. The summed E-state index contributed by atoms with van der Waals surface area (Å²) in [5.74, 6) is 0. The van der Waals surface area contributed by atoms with Gasteiger partial charge < -0.3 is 9.47 Å². The molecule has 1 fully saturated rings. The standard InChI is InChI=1S/C16H25ClN4O3Si/c1-25(2,3)9-8-24-11-20-13-10-18-15(17)19-14(13)21(16(20)22)12-4-6-23-7-5-12/h10,12H,4-9,11H2,1-3H3. The Labute approximate surface area is 152 Å². The van der Waals surface area contributed by atoms with Gasteiger partial charge in [0.2, 0.25) is 5.28 Å². The third-order valence-corrected chi connectivity index (χ3v) is 6.34. The Bertz CT molecular complexity index is 793. The van der Waals surface area contributed by atoms with Crippen LogP contribution in [0.3, 0.4) is 0 Å². The van der Waals surface area contributed by atoms with Crippen LogP contribution in [0.2, 0.25) is 31.0 Å². The Morgan fingerprint density at radius 3 is 2.76 bits per heavy atom. The maximum Gasteiger partial charge on any atom is 0.332 e. The van der Waals surface area contributed by atoms with Crippen molar-refractivity contribution < 1.29 is 9.47 Å². The van der Waals surface area contributed by atoms with Crippen molar-refractivity contribution in [1.82, 2.24) is 19.1 Å². The Kier molecular flexibility index (Phi) is 5.62. The number of ether oxygens (including phenoxy) is 2. The molecule has 3 heterocycles. The highest BCUT2D eigenvalue weighted by atomic mass is 35.5. The van der Waals surface area contributed by atoms with Crippen LogP contribution < -0.4 is 5.69 Å². The molecule has 0 atom stereocenters. The molecule has 1 aliphatic rings. The van der Waals surface area contributed by atoms with Crippen LogP contribution in [0.25, 0.3) is 11.2 Å².